The van der Waals surface area contributed by atoms with Crippen molar-refractivity contribution >= 4 is 11.5 Å². The highest BCUT2D eigenvalue weighted by Crippen LogP contribution is 2.22. The Bertz CT molecular complexity index is 552. The standard InChI is InChI=1S/C16H26N4O/c1-3-9-17-13-14-16(19(4-2)10-7-12-21)18-15-8-5-6-11-20(14)15/h5-6,8,11,17,21H,3-4,7,9-10,12-13H2,1-2H3. The van der Waals surface area contributed by atoms with Crippen molar-refractivity contribution in [2.45, 2.75) is 33.2 Å². The quantitative estimate of drug-likeness (QED) is 0.694. The predicted molar refractivity (Wildman–Crippen MR) is 86.8 cm³/mol. The van der Waals surface area contributed by atoms with Gasteiger partial charge in [-0.15, -0.1) is 0 Å². The van der Waals surface area contributed by atoms with E-state index in [-0.39, 0.29) is 6.61 Å². The Morgan fingerprint density at radius 3 is 2.90 bits per heavy atom. The molecular formula is C16H26N4O. The molecule has 0 radical (unpaired) electrons. The summed E-state index contributed by atoms with van der Waals surface area (Å²) in [7, 11) is 0. The summed E-state index contributed by atoms with van der Waals surface area (Å²) in [5, 5.41) is 12.5. The molecule has 0 aliphatic heterocycles. The van der Waals surface area contributed by atoms with E-state index < -0.39 is 0 Å². The summed E-state index contributed by atoms with van der Waals surface area (Å²) in [6, 6.07) is 6.08. The van der Waals surface area contributed by atoms with Crippen LogP contribution in [0.15, 0.2) is 24.4 Å². The van der Waals surface area contributed by atoms with Gasteiger partial charge < -0.3 is 19.7 Å². The third-order valence-electron chi connectivity index (χ3n) is 3.59. The van der Waals surface area contributed by atoms with Gasteiger partial charge in [-0.1, -0.05) is 13.0 Å². The Balaban J connectivity index is 2.32. The van der Waals surface area contributed by atoms with E-state index in [1.807, 2.05) is 18.2 Å². The second kappa shape index (κ2) is 8.00. The monoisotopic (exact) mass is 290 g/mol. The van der Waals surface area contributed by atoms with Gasteiger partial charge in [-0.25, -0.2) is 4.98 Å². The summed E-state index contributed by atoms with van der Waals surface area (Å²) in [4.78, 5) is 7.02. The summed E-state index contributed by atoms with van der Waals surface area (Å²) in [6.07, 6.45) is 3.95. The fraction of sp³-hybridized carbons (Fsp3) is 0.562. The molecule has 2 aromatic rings. The normalized spacial score (nSPS) is 11.2. The molecule has 0 aromatic carbocycles. The molecular weight excluding hydrogens is 264 g/mol. The molecule has 0 fully saturated rings. The second-order valence-electron chi connectivity index (χ2n) is 5.14. The van der Waals surface area contributed by atoms with Crippen LogP contribution in [0.4, 0.5) is 5.82 Å². The van der Waals surface area contributed by atoms with Crippen molar-refractivity contribution in [2.75, 3.05) is 31.1 Å². The van der Waals surface area contributed by atoms with Crippen LogP contribution in [0, 0.1) is 0 Å². The first-order valence-corrected chi connectivity index (χ1v) is 7.84. The zero-order valence-electron chi connectivity index (χ0n) is 13.0. The van der Waals surface area contributed by atoms with Gasteiger partial charge in [0.25, 0.3) is 0 Å². The zero-order valence-corrected chi connectivity index (χ0v) is 13.0. The van der Waals surface area contributed by atoms with E-state index in [1.165, 1.54) is 5.69 Å². The van der Waals surface area contributed by atoms with Crippen LogP contribution in [0.25, 0.3) is 5.65 Å². The molecule has 0 saturated carbocycles. The molecule has 116 valence electrons. The van der Waals surface area contributed by atoms with E-state index >= 15 is 0 Å². The van der Waals surface area contributed by atoms with Crippen LogP contribution in [0.5, 0.6) is 0 Å². The molecule has 0 bridgehead atoms. The van der Waals surface area contributed by atoms with Crippen LogP contribution >= 0.6 is 0 Å². The molecule has 0 spiro atoms. The molecule has 21 heavy (non-hydrogen) atoms. The number of pyridine rings is 1. The highest BCUT2D eigenvalue weighted by atomic mass is 16.3. The van der Waals surface area contributed by atoms with Crippen LogP contribution in [0.2, 0.25) is 0 Å². The third kappa shape index (κ3) is 3.74. The molecule has 2 heterocycles. The molecule has 0 aliphatic carbocycles. The maximum Gasteiger partial charge on any atom is 0.152 e. The van der Waals surface area contributed by atoms with Gasteiger partial charge >= 0.3 is 0 Å². The fourth-order valence-corrected chi connectivity index (χ4v) is 2.51. The molecule has 0 aliphatic rings. The smallest absolute Gasteiger partial charge is 0.152 e. The first-order chi connectivity index (χ1) is 10.3. The Morgan fingerprint density at radius 2 is 2.19 bits per heavy atom. The Kier molecular flexibility index (Phi) is 6.02. The lowest BCUT2D eigenvalue weighted by Crippen LogP contribution is -2.27. The van der Waals surface area contributed by atoms with E-state index in [2.05, 4.69) is 34.7 Å². The average molecular weight is 290 g/mol. The zero-order chi connectivity index (χ0) is 15.1. The number of hydrogen-bond acceptors (Lipinski definition) is 4. The minimum Gasteiger partial charge on any atom is -0.396 e. The number of aromatic nitrogens is 2. The SMILES string of the molecule is CCCNCc1c(N(CC)CCCO)nc2ccccn12. The van der Waals surface area contributed by atoms with E-state index in [9.17, 15) is 0 Å². The lowest BCUT2D eigenvalue weighted by molar-refractivity contribution is 0.289. The lowest BCUT2D eigenvalue weighted by atomic mass is 10.3. The third-order valence-corrected chi connectivity index (χ3v) is 3.59. The first kappa shape index (κ1) is 15.8. The number of rotatable bonds is 9. The van der Waals surface area contributed by atoms with Gasteiger partial charge in [0.1, 0.15) is 5.65 Å². The number of imidazole rings is 1. The Hall–Kier alpha value is -1.59. The van der Waals surface area contributed by atoms with Crippen LogP contribution < -0.4 is 10.2 Å². The van der Waals surface area contributed by atoms with E-state index in [4.69, 9.17) is 10.1 Å². The van der Waals surface area contributed by atoms with Gasteiger partial charge in [-0.2, -0.15) is 0 Å². The average Bonchev–Trinajstić information content (AvgIpc) is 2.87. The maximum atomic E-state index is 9.08. The van der Waals surface area contributed by atoms with E-state index in [1.54, 1.807) is 0 Å². The summed E-state index contributed by atoms with van der Waals surface area (Å²) in [6.45, 7) is 8.05. The fourth-order valence-electron chi connectivity index (χ4n) is 2.51. The van der Waals surface area contributed by atoms with Crippen molar-refractivity contribution in [1.29, 1.82) is 0 Å². The van der Waals surface area contributed by atoms with Crippen LogP contribution in [0.1, 0.15) is 32.4 Å². The molecule has 5 heteroatoms. The van der Waals surface area contributed by atoms with Crippen molar-refractivity contribution in [1.82, 2.24) is 14.7 Å². The summed E-state index contributed by atoms with van der Waals surface area (Å²) >= 11 is 0. The molecule has 5 nitrogen and oxygen atoms in total. The Labute approximate surface area is 126 Å². The number of fused-ring (bicyclic) bond motifs is 1. The molecule has 2 aromatic heterocycles. The summed E-state index contributed by atoms with van der Waals surface area (Å²) in [5.74, 6) is 1.03. The van der Waals surface area contributed by atoms with Crippen LogP contribution in [-0.4, -0.2) is 40.7 Å². The van der Waals surface area contributed by atoms with Crippen LogP contribution in [-0.2, 0) is 6.54 Å². The van der Waals surface area contributed by atoms with Crippen molar-refractivity contribution < 1.29 is 5.11 Å². The topological polar surface area (TPSA) is 52.8 Å². The minimum atomic E-state index is 0.216. The number of anilines is 1. The molecule has 0 unspecified atom stereocenters. The number of nitrogens with one attached hydrogen (secondary N) is 1. The Morgan fingerprint density at radius 1 is 1.33 bits per heavy atom. The van der Waals surface area contributed by atoms with Crippen molar-refractivity contribution in [2.24, 2.45) is 0 Å². The summed E-state index contributed by atoms with van der Waals surface area (Å²) < 4.78 is 2.15. The second-order valence-corrected chi connectivity index (χ2v) is 5.14. The first-order valence-electron chi connectivity index (χ1n) is 7.84. The summed E-state index contributed by atoms with van der Waals surface area (Å²) in [5.41, 5.74) is 2.17. The highest BCUT2D eigenvalue weighted by Gasteiger charge is 2.16. The van der Waals surface area contributed by atoms with Gasteiger partial charge in [0.05, 0.1) is 5.69 Å². The molecule has 2 rings (SSSR count). The van der Waals surface area contributed by atoms with Gasteiger partial charge in [0.15, 0.2) is 5.82 Å². The number of hydrogen-bond donors (Lipinski definition) is 2. The highest BCUT2D eigenvalue weighted by molar-refractivity contribution is 5.56. The largest absolute Gasteiger partial charge is 0.396 e. The van der Waals surface area contributed by atoms with Crippen LogP contribution in [0.3, 0.4) is 0 Å². The molecule has 0 atom stereocenters. The van der Waals surface area contributed by atoms with Crippen molar-refractivity contribution in [3.05, 3.63) is 30.1 Å². The van der Waals surface area contributed by atoms with Gasteiger partial charge in [0.2, 0.25) is 0 Å². The minimum absolute atomic E-state index is 0.216. The van der Waals surface area contributed by atoms with Gasteiger partial charge in [-0.3, -0.25) is 0 Å². The molecule has 2 N–H and O–H groups in total. The van der Waals surface area contributed by atoms with E-state index in [0.717, 1.165) is 50.5 Å². The lowest BCUT2D eigenvalue weighted by Gasteiger charge is -2.21. The predicted octanol–water partition coefficient (Wildman–Crippen LogP) is 2.04. The maximum absolute atomic E-state index is 9.08. The molecule has 0 saturated heterocycles. The van der Waals surface area contributed by atoms with Gasteiger partial charge in [-0.05, 0) is 38.4 Å². The molecule has 0 amide bonds. The van der Waals surface area contributed by atoms with Gasteiger partial charge in [0, 0.05) is 32.4 Å². The number of nitrogens with zero attached hydrogens (tertiary/aromatic N) is 3. The van der Waals surface area contributed by atoms with Crippen molar-refractivity contribution in [3.8, 4) is 0 Å². The number of aliphatic hydroxyl groups is 1. The van der Waals surface area contributed by atoms with Crippen molar-refractivity contribution in [3.63, 3.8) is 0 Å². The van der Waals surface area contributed by atoms with E-state index in [0.29, 0.717) is 0 Å². The number of aliphatic hydroxyl groups excluding tert-OH is 1.